The van der Waals surface area contributed by atoms with Gasteiger partial charge in [0, 0.05) is 47.3 Å². The van der Waals surface area contributed by atoms with Crippen LogP contribution in [0.15, 0.2) is 110 Å². The number of hydrogen-bond acceptors (Lipinski definition) is 5. The van der Waals surface area contributed by atoms with E-state index in [0.717, 1.165) is 45.3 Å². The van der Waals surface area contributed by atoms with Crippen LogP contribution >= 0.6 is 0 Å². The van der Waals surface area contributed by atoms with E-state index in [9.17, 15) is 0 Å². The van der Waals surface area contributed by atoms with Crippen molar-refractivity contribution in [2.75, 3.05) is 9.62 Å². The summed E-state index contributed by atoms with van der Waals surface area (Å²) in [6.45, 7) is -0.115. The van der Waals surface area contributed by atoms with Gasteiger partial charge < -0.3 is 9.62 Å². The van der Waals surface area contributed by atoms with E-state index in [2.05, 4.69) is 87.4 Å². The Hall–Kier alpha value is -4.45. The molecule has 0 atom stereocenters. The minimum atomic E-state index is -0.115. The highest BCUT2D eigenvalue weighted by atomic mass is 15.3. The van der Waals surface area contributed by atoms with Gasteiger partial charge in [0.05, 0.1) is 22.8 Å². The molecule has 0 aliphatic carbocycles. The minimum absolute atomic E-state index is 0.115. The number of pyridine rings is 3. The van der Waals surface area contributed by atoms with Gasteiger partial charge in [0.15, 0.2) is 0 Å². The summed E-state index contributed by atoms with van der Waals surface area (Å²) in [6.07, 6.45) is 7.59. The van der Waals surface area contributed by atoms with Crippen LogP contribution < -0.4 is 15.1 Å². The van der Waals surface area contributed by atoms with Gasteiger partial charge in [0.25, 0.3) is 0 Å². The summed E-state index contributed by atoms with van der Waals surface area (Å²) in [6, 6.07) is 29.4. The average molecular weight is 423 g/mol. The second-order valence-electron chi connectivity index (χ2n) is 8.18. The number of hydrogen-bond donors (Lipinski definition) is 0. The fraction of sp³-hybridized carbons (Fsp3) is 0. The van der Waals surface area contributed by atoms with Crippen molar-refractivity contribution in [1.82, 2.24) is 15.0 Å². The second-order valence-corrected chi connectivity index (χ2v) is 8.18. The Labute approximate surface area is 192 Å². The number of rotatable bonds is 2. The summed E-state index contributed by atoms with van der Waals surface area (Å²) < 4.78 is 0. The van der Waals surface area contributed by atoms with Crippen molar-refractivity contribution in [3.8, 4) is 22.5 Å². The molecule has 7 rings (SSSR count). The summed E-state index contributed by atoms with van der Waals surface area (Å²) in [5.74, 6) is 0. The van der Waals surface area contributed by atoms with Crippen LogP contribution in [0.25, 0.3) is 22.5 Å². The summed E-state index contributed by atoms with van der Waals surface area (Å²) in [7, 11) is 0. The average Bonchev–Trinajstić information content (AvgIpc) is 2.90. The van der Waals surface area contributed by atoms with Crippen LogP contribution in [0, 0.1) is 0 Å². The Balaban J connectivity index is 1.62. The van der Waals surface area contributed by atoms with Gasteiger partial charge in [-0.3, -0.25) is 15.0 Å². The van der Waals surface area contributed by atoms with Gasteiger partial charge in [0.2, 0.25) is 0 Å². The van der Waals surface area contributed by atoms with Crippen molar-refractivity contribution in [3.63, 3.8) is 0 Å². The van der Waals surface area contributed by atoms with Gasteiger partial charge in [-0.2, -0.15) is 0 Å². The van der Waals surface area contributed by atoms with Gasteiger partial charge in [0.1, 0.15) is 0 Å². The molecule has 33 heavy (non-hydrogen) atoms. The van der Waals surface area contributed by atoms with Gasteiger partial charge in [-0.1, -0.05) is 36.4 Å². The molecule has 3 aromatic heterocycles. The quantitative estimate of drug-likeness (QED) is 0.365. The first kappa shape index (κ1) is 18.2. The highest BCUT2D eigenvalue weighted by Gasteiger charge is 2.47. The van der Waals surface area contributed by atoms with E-state index in [0.29, 0.717) is 0 Å². The van der Waals surface area contributed by atoms with Crippen molar-refractivity contribution in [1.29, 1.82) is 0 Å². The fourth-order valence-corrected chi connectivity index (χ4v) is 5.10. The zero-order valence-corrected chi connectivity index (χ0v) is 17.7. The highest BCUT2D eigenvalue weighted by molar-refractivity contribution is 6.86. The molecule has 0 bridgehead atoms. The lowest BCUT2D eigenvalue weighted by atomic mass is 9.55. The Morgan fingerprint density at radius 3 is 1.52 bits per heavy atom. The molecule has 5 heterocycles. The first-order valence-corrected chi connectivity index (χ1v) is 11.0. The van der Waals surface area contributed by atoms with Crippen molar-refractivity contribution in [3.05, 3.63) is 110 Å². The van der Waals surface area contributed by atoms with E-state index in [1.165, 1.54) is 5.46 Å². The van der Waals surface area contributed by atoms with E-state index in [-0.39, 0.29) is 6.98 Å². The molecule has 2 aliphatic heterocycles. The molecule has 0 N–H and O–H groups in total. The minimum Gasteiger partial charge on any atom is -0.360 e. The topological polar surface area (TPSA) is 45.2 Å². The molecule has 154 valence electrons. The SMILES string of the molecule is c1ccc(N2B3c4c(cncc4-c4ncccc4N3c3ccccc3)-c3ncccc32)cc1. The molecule has 0 amide bonds. The maximum atomic E-state index is 4.80. The number of fused-ring (bicyclic) bond motifs is 4. The van der Waals surface area contributed by atoms with Crippen LogP contribution in [0.5, 0.6) is 0 Å². The smallest absolute Gasteiger partial charge is 0.360 e. The lowest BCUT2D eigenvalue weighted by Gasteiger charge is -2.46. The Kier molecular flexibility index (Phi) is 3.87. The van der Waals surface area contributed by atoms with Crippen LogP contribution in [-0.2, 0) is 0 Å². The lowest BCUT2D eigenvalue weighted by molar-refractivity contribution is 1.18. The molecule has 5 aromatic rings. The first-order chi connectivity index (χ1) is 16.4. The van der Waals surface area contributed by atoms with Crippen molar-refractivity contribution < 1.29 is 0 Å². The summed E-state index contributed by atoms with van der Waals surface area (Å²) in [5.41, 5.74) is 9.51. The zero-order chi connectivity index (χ0) is 21.8. The molecular formula is C27H18BN5. The van der Waals surface area contributed by atoms with Crippen molar-refractivity contribution in [2.45, 2.75) is 0 Å². The first-order valence-electron chi connectivity index (χ1n) is 11.0. The Morgan fingerprint density at radius 2 is 1.03 bits per heavy atom. The third kappa shape index (κ3) is 2.58. The van der Waals surface area contributed by atoms with E-state index < -0.39 is 0 Å². The number of anilines is 4. The molecule has 0 fully saturated rings. The molecule has 2 aromatic carbocycles. The van der Waals surface area contributed by atoms with Crippen LogP contribution in [0.4, 0.5) is 22.7 Å². The molecule has 5 nitrogen and oxygen atoms in total. The maximum absolute atomic E-state index is 4.80. The summed E-state index contributed by atoms with van der Waals surface area (Å²) in [4.78, 5) is 19.0. The molecule has 0 saturated carbocycles. The van der Waals surface area contributed by atoms with Gasteiger partial charge >= 0.3 is 6.98 Å². The van der Waals surface area contributed by atoms with E-state index in [4.69, 9.17) is 9.97 Å². The van der Waals surface area contributed by atoms with Crippen LogP contribution in [0.2, 0.25) is 0 Å². The number of para-hydroxylation sites is 2. The third-order valence-electron chi connectivity index (χ3n) is 6.41. The van der Waals surface area contributed by atoms with Crippen LogP contribution in [-0.4, -0.2) is 21.9 Å². The Morgan fingerprint density at radius 1 is 0.545 bits per heavy atom. The van der Waals surface area contributed by atoms with Crippen molar-refractivity contribution >= 4 is 35.2 Å². The third-order valence-corrected chi connectivity index (χ3v) is 6.41. The second kappa shape index (κ2) is 7.03. The zero-order valence-electron chi connectivity index (χ0n) is 17.7. The van der Waals surface area contributed by atoms with E-state index >= 15 is 0 Å². The van der Waals surface area contributed by atoms with Crippen molar-refractivity contribution in [2.24, 2.45) is 0 Å². The molecule has 0 spiro atoms. The predicted octanol–water partition coefficient (Wildman–Crippen LogP) is 5.20. The normalized spacial score (nSPS) is 13.3. The van der Waals surface area contributed by atoms with Crippen LogP contribution in [0.1, 0.15) is 0 Å². The Bertz CT molecular complexity index is 1380. The van der Waals surface area contributed by atoms with Gasteiger partial charge in [-0.15, -0.1) is 0 Å². The van der Waals surface area contributed by atoms with Crippen LogP contribution in [0.3, 0.4) is 0 Å². The van der Waals surface area contributed by atoms with E-state index in [1.54, 1.807) is 0 Å². The monoisotopic (exact) mass is 423 g/mol. The molecule has 6 heteroatoms. The molecule has 0 radical (unpaired) electrons. The number of aromatic nitrogens is 3. The standard InChI is InChI=1S/C27H18BN5/c1-3-9-19(10-4-1)32-23-13-7-15-30-26(23)21-17-29-18-22-25(21)28(32)33(20-11-5-2-6-12-20)24-14-8-16-31-27(22)24/h1-18H. The summed E-state index contributed by atoms with van der Waals surface area (Å²) >= 11 is 0. The molecular weight excluding hydrogens is 405 g/mol. The summed E-state index contributed by atoms with van der Waals surface area (Å²) in [5, 5.41) is 0. The molecule has 2 aliphatic rings. The number of benzene rings is 2. The lowest BCUT2D eigenvalue weighted by Crippen LogP contribution is -2.62. The predicted molar refractivity (Wildman–Crippen MR) is 133 cm³/mol. The fourth-order valence-electron chi connectivity index (χ4n) is 5.10. The largest absolute Gasteiger partial charge is 0.422 e. The van der Waals surface area contributed by atoms with Gasteiger partial charge in [-0.25, -0.2) is 0 Å². The maximum Gasteiger partial charge on any atom is 0.422 e. The molecule has 0 unspecified atom stereocenters. The van der Waals surface area contributed by atoms with E-state index in [1.807, 2.05) is 36.9 Å². The molecule has 0 saturated heterocycles. The highest BCUT2D eigenvalue weighted by Crippen LogP contribution is 2.46. The number of nitrogens with zero attached hydrogens (tertiary/aromatic N) is 5. The van der Waals surface area contributed by atoms with Gasteiger partial charge in [-0.05, 0) is 54.0 Å².